The minimum absolute atomic E-state index is 0.925. The number of pyridine rings is 1. The fourth-order valence-corrected chi connectivity index (χ4v) is 8.27. The monoisotopic (exact) mass is 688 g/mol. The summed E-state index contributed by atoms with van der Waals surface area (Å²) in [5.41, 5.74) is 13.1. The molecule has 0 saturated carbocycles. The summed E-state index contributed by atoms with van der Waals surface area (Å²) in [5.74, 6) is 0.925. The molecule has 0 atom stereocenters. The van der Waals surface area contributed by atoms with Gasteiger partial charge >= 0.3 is 0 Å². The van der Waals surface area contributed by atoms with E-state index in [1.807, 2.05) is 12.1 Å². The van der Waals surface area contributed by atoms with Crippen molar-refractivity contribution in [1.29, 1.82) is 0 Å². The number of fused-ring (bicyclic) bond motifs is 8. The molecule has 0 spiro atoms. The molecule has 0 unspecified atom stereocenters. The number of rotatable bonds is 5. The zero-order chi connectivity index (χ0) is 35.6. The normalized spacial score (nSPS) is 11.7. The summed E-state index contributed by atoms with van der Waals surface area (Å²) in [4.78, 5) is 10.4. The maximum Gasteiger partial charge on any atom is 0.145 e. The summed E-state index contributed by atoms with van der Waals surface area (Å²) in [5, 5.41) is 5.97. The molecule has 8 aromatic carbocycles. The van der Waals surface area contributed by atoms with Gasteiger partial charge in [0.05, 0.1) is 33.3 Å². The number of benzene rings is 8. The van der Waals surface area contributed by atoms with E-state index in [2.05, 4.69) is 191 Å². The van der Waals surface area contributed by atoms with Crippen molar-refractivity contribution in [2.75, 3.05) is 0 Å². The number of hydrogen-bond donors (Lipinski definition) is 0. The van der Waals surface area contributed by atoms with E-state index in [1.54, 1.807) is 0 Å². The lowest BCUT2D eigenvalue weighted by Crippen LogP contribution is -1.97. The van der Waals surface area contributed by atoms with Gasteiger partial charge in [0.1, 0.15) is 5.82 Å². The molecule has 0 fully saturated rings. The van der Waals surface area contributed by atoms with E-state index >= 15 is 0 Å². The third-order valence-electron chi connectivity index (χ3n) is 10.7. The predicted octanol–water partition coefficient (Wildman–Crippen LogP) is 12.8. The van der Waals surface area contributed by atoms with Crippen molar-refractivity contribution >= 4 is 54.5 Å². The molecule has 4 heteroatoms. The molecule has 252 valence electrons. The molecule has 4 nitrogen and oxygen atoms in total. The topological polar surface area (TPSA) is 35.6 Å². The highest BCUT2D eigenvalue weighted by molar-refractivity contribution is 6.26. The molecule has 0 radical (unpaired) electrons. The van der Waals surface area contributed by atoms with Crippen LogP contribution in [0, 0.1) is 0 Å². The molecule has 0 saturated heterocycles. The van der Waals surface area contributed by atoms with Gasteiger partial charge in [0.25, 0.3) is 0 Å². The molecule has 0 aliphatic rings. The average Bonchev–Trinajstić information content (AvgIpc) is 3.81. The molecule has 54 heavy (non-hydrogen) atoms. The van der Waals surface area contributed by atoms with Gasteiger partial charge in [-0.25, -0.2) is 9.97 Å². The van der Waals surface area contributed by atoms with Crippen LogP contribution >= 0.6 is 0 Å². The first kappa shape index (κ1) is 30.3. The maximum absolute atomic E-state index is 5.36. The molecule has 0 bridgehead atoms. The van der Waals surface area contributed by atoms with Crippen LogP contribution in [0.1, 0.15) is 0 Å². The molecule has 0 aliphatic heterocycles. The second-order valence-corrected chi connectivity index (χ2v) is 13.8. The Balaban J connectivity index is 1.08. The largest absolute Gasteiger partial charge is 0.309 e. The number of imidazole rings is 1. The number of hydrogen-bond acceptors (Lipinski definition) is 2. The SMILES string of the molecule is c1ccc(-n2c(-c3ccc(-c4cccc(-c5nc6ccccc6c6c5ccc5c7ccccc7n(-c7ccccc7)c56)c4)cc3)nc3ccccc32)cc1. The smallest absolute Gasteiger partial charge is 0.145 e. The van der Waals surface area contributed by atoms with Gasteiger partial charge in [-0.15, -0.1) is 0 Å². The van der Waals surface area contributed by atoms with Gasteiger partial charge in [0.15, 0.2) is 0 Å². The minimum atomic E-state index is 0.925. The second-order valence-electron chi connectivity index (χ2n) is 13.8. The Morgan fingerprint density at radius 3 is 1.70 bits per heavy atom. The highest BCUT2D eigenvalue weighted by Gasteiger charge is 2.20. The van der Waals surface area contributed by atoms with Crippen LogP contribution in [0.2, 0.25) is 0 Å². The summed E-state index contributed by atoms with van der Waals surface area (Å²) in [7, 11) is 0. The van der Waals surface area contributed by atoms with Gasteiger partial charge in [-0.05, 0) is 65.7 Å². The van der Waals surface area contributed by atoms with E-state index < -0.39 is 0 Å². The lowest BCUT2D eigenvalue weighted by Gasteiger charge is -2.15. The molecule has 3 aromatic heterocycles. The summed E-state index contributed by atoms with van der Waals surface area (Å²) >= 11 is 0. The van der Waals surface area contributed by atoms with Crippen LogP contribution in [-0.4, -0.2) is 19.1 Å². The van der Waals surface area contributed by atoms with Crippen LogP contribution in [0.25, 0.3) is 99.7 Å². The quantitative estimate of drug-likeness (QED) is 0.169. The standard InChI is InChI=1S/C50H32N4/c1-3-16-37(17-4-1)53-45-24-11-8-20-39(45)40-30-31-42-47(49(40)53)41-21-7-9-22-43(41)51-48(42)36-15-13-14-35(32-36)33-26-28-34(29-27-33)50-52-44-23-10-12-25-46(44)54(50)38-18-5-2-6-19-38/h1-32H. The zero-order valence-corrected chi connectivity index (χ0v) is 29.3. The Morgan fingerprint density at radius 2 is 0.926 bits per heavy atom. The van der Waals surface area contributed by atoms with Crippen LogP contribution in [0.4, 0.5) is 0 Å². The first-order chi connectivity index (χ1) is 26.8. The van der Waals surface area contributed by atoms with Gasteiger partial charge in [0.2, 0.25) is 0 Å². The predicted molar refractivity (Wildman–Crippen MR) is 225 cm³/mol. The minimum Gasteiger partial charge on any atom is -0.309 e. The van der Waals surface area contributed by atoms with Crippen LogP contribution in [0.3, 0.4) is 0 Å². The molecular formula is C50H32N4. The van der Waals surface area contributed by atoms with Crippen molar-refractivity contribution in [1.82, 2.24) is 19.1 Å². The number of nitrogens with zero attached hydrogens (tertiary/aromatic N) is 4. The average molecular weight is 689 g/mol. The lowest BCUT2D eigenvalue weighted by atomic mass is 9.95. The van der Waals surface area contributed by atoms with E-state index in [9.17, 15) is 0 Å². The summed E-state index contributed by atoms with van der Waals surface area (Å²) in [6.07, 6.45) is 0. The Hall–Kier alpha value is -7.30. The van der Waals surface area contributed by atoms with E-state index in [0.717, 1.165) is 72.5 Å². The summed E-state index contributed by atoms with van der Waals surface area (Å²) in [6.45, 7) is 0. The van der Waals surface area contributed by atoms with Crippen molar-refractivity contribution in [3.05, 3.63) is 194 Å². The summed E-state index contributed by atoms with van der Waals surface area (Å²) in [6, 6.07) is 68.9. The van der Waals surface area contributed by atoms with Gasteiger partial charge in [-0.2, -0.15) is 0 Å². The Labute approximate surface area is 311 Å². The highest BCUT2D eigenvalue weighted by Crippen LogP contribution is 2.42. The van der Waals surface area contributed by atoms with Crippen LogP contribution in [-0.2, 0) is 0 Å². The van der Waals surface area contributed by atoms with E-state index in [0.29, 0.717) is 0 Å². The van der Waals surface area contributed by atoms with Gasteiger partial charge in [0, 0.05) is 49.4 Å². The van der Waals surface area contributed by atoms with Gasteiger partial charge in [-0.3, -0.25) is 4.57 Å². The Kier molecular flexibility index (Phi) is 6.82. The third kappa shape index (κ3) is 4.70. The first-order valence-corrected chi connectivity index (χ1v) is 18.3. The van der Waals surface area contributed by atoms with E-state index in [-0.39, 0.29) is 0 Å². The first-order valence-electron chi connectivity index (χ1n) is 18.3. The second kappa shape index (κ2) is 12.1. The Bertz CT molecular complexity index is 3190. The molecule has 0 amide bonds. The highest BCUT2D eigenvalue weighted by atomic mass is 15.1. The summed E-state index contributed by atoms with van der Waals surface area (Å²) < 4.78 is 4.67. The molecular weight excluding hydrogens is 657 g/mol. The van der Waals surface area contributed by atoms with Gasteiger partial charge < -0.3 is 4.57 Å². The van der Waals surface area contributed by atoms with Crippen molar-refractivity contribution in [3.8, 4) is 45.1 Å². The van der Waals surface area contributed by atoms with Gasteiger partial charge in [-0.1, -0.05) is 140 Å². The maximum atomic E-state index is 5.36. The fraction of sp³-hybridized carbons (Fsp3) is 0. The fourth-order valence-electron chi connectivity index (χ4n) is 8.27. The van der Waals surface area contributed by atoms with Crippen LogP contribution in [0.15, 0.2) is 194 Å². The molecule has 3 heterocycles. The van der Waals surface area contributed by atoms with Crippen molar-refractivity contribution in [2.45, 2.75) is 0 Å². The zero-order valence-electron chi connectivity index (χ0n) is 29.3. The lowest BCUT2D eigenvalue weighted by molar-refractivity contribution is 1.10. The number of para-hydroxylation sites is 6. The Morgan fingerprint density at radius 1 is 0.333 bits per heavy atom. The third-order valence-corrected chi connectivity index (χ3v) is 10.7. The van der Waals surface area contributed by atoms with Crippen LogP contribution < -0.4 is 0 Å². The number of aromatic nitrogens is 4. The van der Waals surface area contributed by atoms with Crippen molar-refractivity contribution < 1.29 is 0 Å². The van der Waals surface area contributed by atoms with Crippen LogP contribution in [0.5, 0.6) is 0 Å². The van der Waals surface area contributed by atoms with E-state index in [1.165, 1.54) is 27.2 Å². The molecule has 11 aromatic rings. The molecule has 0 aliphatic carbocycles. The van der Waals surface area contributed by atoms with Crippen molar-refractivity contribution in [2.24, 2.45) is 0 Å². The molecule has 0 N–H and O–H groups in total. The van der Waals surface area contributed by atoms with Crippen molar-refractivity contribution in [3.63, 3.8) is 0 Å². The molecule has 11 rings (SSSR count). The van der Waals surface area contributed by atoms with E-state index in [4.69, 9.17) is 9.97 Å².